The number of rotatable bonds is 8. The van der Waals surface area contributed by atoms with Gasteiger partial charge >= 0.3 is 12.0 Å². The van der Waals surface area contributed by atoms with Crippen LogP contribution < -0.4 is 20.1 Å². The maximum absolute atomic E-state index is 13.0. The Labute approximate surface area is 198 Å². The highest BCUT2D eigenvalue weighted by Gasteiger charge is 2.37. The van der Waals surface area contributed by atoms with E-state index in [0.717, 1.165) is 42.7 Å². The highest BCUT2D eigenvalue weighted by Crippen LogP contribution is 2.35. The van der Waals surface area contributed by atoms with Crippen LogP contribution >= 0.6 is 0 Å². The van der Waals surface area contributed by atoms with Crippen LogP contribution in [0.5, 0.6) is 11.5 Å². The summed E-state index contributed by atoms with van der Waals surface area (Å²) in [6.07, 6.45) is 5.99. The van der Waals surface area contributed by atoms with Crippen LogP contribution in [0.1, 0.15) is 50.0 Å². The summed E-state index contributed by atoms with van der Waals surface area (Å²) in [6.45, 7) is 3.28. The molecule has 0 spiro atoms. The molecular formula is C25H29N3O6. The average molecular weight is 468 g/mol. The van der Waals surface area contributed by atoms with Crippen molar-refractivity contribution in [2.45, 2.75) is 51.2 Å². The van der Waals surface area contributed by atoms with Crippen LogP contribution in [0.3, 0.4) is 0 Å². The first-order chi connectivity index (χ1) is 16.6. The Bertz CT molecular complexity index is 1070. The molecular weight excluding hydrogens is 438 g/mol. The first kappa shape index (κ1) is 22.3. The van der Waals surface area contributed by atoms with Gasteiger partial charge in [-0.05, 0) is 49.6 Å². The van der Waals surface area contributed by atoms with Gasteiger partial charge < -0.3 is 29.3 Å². The third-order valence-electron chi connectivity index (χ3n) is 6.50. The van der Waals surface area contributed by atoms with Crippen molar-refractivity contribution in [3.63, 3.8) is 0 Å². The molecule has 9 heteroatoms. The molecule has 1 unspecified atom stereocenters. The van der Waals surface area contributed by atoms with E-state index < -0.39 is 12.0 Å². The molecule has 0 saturated heterocycles. The van der Waals surface area contributed by atoms with E-state index in [-0.39, 0.29) is 19.4 Å². The van der Waals surface area contributed by atoms with Gasteiger partial charge in [0.25, 0.3) is 0 Å². The van der Waals surface area contributed by atoms with Crippen LogP contribution in [0, 0.1) is 0 Å². The topological polar surface area (TPSA) is 102 Å². The maximum Gasteiger partial charge on any atom is 0.338 e. The highest BCUT2D eigenvalue weighted by atomic mass is 16.7. The van der Waals surface area contributed by atoms with E-state index in [0.29, 0.717) is 36.2 Å². The number of amides is 2. The fourth-order valence-electron chi connectivity index (χ4n) is 4.92. The van der Waals surface area contributed by atoms with Crippen molar-refractivity contribution in [1.29, 1.82) is 0 Å². The molecule has 0 bridgehead atoms. The number of hydrogen-bond acceptors (Lipinski definition) is 7. The van der Waals surface area contributed by atoms with Gasteiger partial charge in [-0.3, -0.25) is 4.90 Å². The van der Waals surface area contributed by atoms with Gasteiger partial charge in [-0.25, -0.2) is 9.59 Å². The number of hydrogen-bond donors (Lipinski definition) is 2. The molecule has 2 N–H and O–H groups in total. The van der Waals surface area contributed by atoms with Crippen molar-refractivity contribution in [2.75, 3.05) is 19.9 Å². The molecule has 1 saturated carbocycles. The Morgan fingerprint density at radius 3 is 2.74 bits per heavy atom. The highest BCUT2D eigenvalue weighted by molar-refractivity contribution is 5.95. The minimum atomic E-state index is -0.714. The quantitative estimate of drug-likeness (QED) is 0.572. The Morgan fingerprint density at radius 1 is 1.15 bits per heavy atom. The molecule has 2 aliphatic heterocycles. The number of benzene rings is 1. The summed E-state index contributed by atoms with van der Waals surface area (Å²) >= 11 is 0. The number of ether oxygens (including phenoxy) is 3. The minimum Gasteiger partial charge on any atom is -0.467 e. The van der Waals surface area contributed by atoms with Crippen molar-refractivity contribution in [2.24, 2.45) is 0 Å². The molecule has 0 radical (unpaired) electrons. The van der Waals surface area contributed by atoms with E-state index in [1.807, 2.05) is 18.2 Å². The van der Waals surface area contributed by atoms with Crippen LogP contribution in [0.4, 0.5) is 4.79 Å². The first-order valence-electron chi connectivity index (χ1n) is 11.8. The number of furan rings is 1. The van der Waals surface area contributed by atoms with Crippen molar-refractivity contribution in [1.82, 2.24) is 15.5 Å². The maximum atomic E-state index is 13.0. The van der Waals surface area contributed by atoms with Crippen molar-refractivity contribution in [3.8, 4) is 11.5 Å². The van der Waals surface area contributed by atoms with Gasteiger partial charge in [-0.15, -0.1) is 0 Å². The molecule has 1 aromatic carbocycles. The van der Waals surface area contributed by atoms with Gasteiger partial charge in [0.2, 0.25) is 6.79 Å². The molecule has 34 heavy (non-hydrogen) atoms. The molecule has 1 aliphatic carbocycles. The Hall–Kier alpha value is -3.46. The molecule has 1 atom stereocenters. The summed E-state index contributed by atoms with van der Waals surface area (Å²) in [5, 5.41) is 5.69. The number of fused-ring (bicyclic) bond motifs is 1. The fraction of sp³-hybridized carbons (Fsp3) is 0.440. The molecule has 2 aromatic rings. The lowest BCUT2D eigenvalue weighted by molar-refractivity contribution is -0.139. The van der Waals surface area contributed by atoms with Gasteiger partial charge in [-0.1, -0.05) is 18.9 Å². The van der Waals surface area contributed by atoms with E-state index in [2.05, 4.69) is 15.5 Å². The Kier molecular flexibility index (Phi) is 6.44. The van der Waals surface area contributed by atoms with Crippen LogP contribution in [0.25, 0.3) is 0 Å². The number of nitrogens with one attached hydrogen (secondary N) is 2. The van der Waals surface area contributed by atoms with E-state index in [9.17, 15) is 9.59 Å². The zero-order valence-corrected chi connectivity index (χ0v) is 19.2. The third kappa shape index (κ3) is 4.61. The number of carbonyl (C=O) groups excluding carboxylic acids is 2. The number of nitrogens with zero attached hydrogens (tertiary/aromatic N) is 1. The SMILES string of the molecule is CCOC(=O)C1=C(CN(Cc2ccc3c(c2)OCO3)C2CCCC2)NC(=O)NC1c1ccco1. The van der Waals surface area contributed by atoms with Crippen LogP contribution in [-0.2, 0) is 16.1 Å². The van der Waals surface area contributed by atoms with Gasteiger partial charge in [0.1, 0.15) is 11.8 Å². The van der Waals surface area contributed by atoms with E-state index in [1.54, 1.807) is 19.1 Å². The molecule has 3 heterocycles. The molecule has 3 aliphatic rings. The molecule has 1 aromatic heterocycles. The molecule has 2 amide bonds. The summed E-state index contributed by atoms with van der Waals surface area (Å²) in [5.74, 6) is 1.50. The fourth-order valence-corrected chi connectivity index (χ4v) is 4.92. The minimum absolute atomic E-state index is 0.230. The number of urea groups is 1. The summed E-state index contributed by atoms with van der Waals surface area (Å²) in [7, 11) is 0. The average Bonchev–Trinajstić information content (AvgIpc) is 3.61. The summed E-state index contributed by atoms with van der Waals surface area (Å²) < 4.78 is 21.9. The van der Waals surface area contributed by atoms with Crippen molar-refractivity contribution >= 4 is 12.0 Å². The monoisotopic (exact) mass is 467 g/mol. The van der Waals surface area contributed by atoms with Crippen molar-refractivity contribution in [3.05, 3.63) is 59.2 Å². The second kappa shape index (κ2) is 9.80. The van der Waals surface area contributed by atoms with Gasteiger partial charge in [0.15, 0.2) is 11.5 Å². The van der Waals surface area contributed by atoms with Gasteiger partial charge in [0.05, 0.1) is 18.4 Å². The molecule has 1 fully saturated rings. The van der Waals surface area contributed by atoms with Gasteiger partial charge in [-0.2, -0.15) is 0 Å². The van der Waals surface area contributed by atoms with E-state index >= 15 is 0 Å². The largest absolute Gasteiger partial charge is 0.467 e. The summed E-state index contributed by atoms with van der Waals surface area (Å²) in [4.78, 5) is 28.0. The Morgan fingerprint density at radius 2 is 1.97 bits per heavy atom. The summed E-state index contributed by atoms with van der Waals surface area (Å²) in [5.41, 5.74) is 1.98. The number of esters is 1. The predicted octanol–water partition coefficient (Wildman–Crippen LogP) is 3.62. The zero-order chi connectivity index (χ0) is 23.5. The molecule has 5 rings (SSSR count). The first-order valence-corrected chi connectivity index (χ1v) is 11.8. The lowest BCUT2D eigenvalue weighted by Gasteiger charge is -2.34. The molecule has 9 nitrogen and oxygen atoms in total. The van der Waals surface area contributed by atoms with Crippen LogP contribution in [0.2, 0.25) is 0 Å². The van der Waals surface area contributed by atoms with E-state index in [4.69, 9.17) is 18.6 Å². The number of carbonyl (C=O) groups is 2. The van der Waals surface area contributed by atoms with Crippen LogP contribution in [0.15, 0.2) is 52.3 Å². The lowest BCUT2D eigenvalue weighted by Crippen LogP contribution is -2.49. The van der Waals surface area contributed by atoms with Crippen molar-refractivity contribution < 1.29 is 28.2 Å². The second-order valence-electron chi connectivity index (χ2n) is 8.69. The standard InChI is InChI=1S/C25H29N3O6/c1-2-31-24(29)22-18(26-25(30)27-23(22)20-8-5-11-32-20)14-28(17-6-3-4-7-17)13-16-9-10-19-21(12-16)34-15-33-19/h5,8-12,17,23H,2-4,6-7,13-15H2,1H3,(H2,26,27,30). The summed E-state index contributed by atoms with van der Waals surface area (Å²) in [6, 6.07) is 8.68. The smallest absolute Gasteiger partial charge is 0.338 e. The second-order valence-corrected chi connectivity index (χ2v) is 8.69. The Balaban J connectivity index is 1.48. The zero-order valence-electron chi connectivity index (χ0n) is 19.2. The normalized spacial score (nSPS) is 19.9. The van der Waals surface area contributed by atoms with E-state index in [1.165, 1.54) is 6.26 Å². The molecule has 180 valence electrons. The third-order valence-corrected chi connectivity index (χ3v) is 6.50. The lowest BCUT2D eigenvalue weighted by atomic mass is 9.99. The predicted molar refractivity (Wildman–Crippen MR) is 122 cm³/mol. The van der Waals surface area contributed by atoms with Gasteiger partial charge in [0, 0.05) is 24.8 Å². The van der Waals surface area contributed by atoms with Crippen LogP contribution in [-0.4, -0.2) is 42.9 Å².